The van der Waals surface area contributed by atoms with Gasteiger partial charge >= 0.3 is 11.8 Å². The number of unbranched alkanes of at least 4 members (excludes halogenated alkanes) is 1. The molecular weight excluding hydrogens is 480 g/mol. The fourth-order valence-electron chi connectivity index (χ4n) is 3.90. The second-order valence-corrected chi connectivity index (χ2v) is 10.6. The van der Waals surface area contributed by atoms with Crippen LogP contribution in [0.15, 0.2) is 35.1 Å². The summed E-state index contributed by atoms with van der Waals surface area (Å²) >= 11 is 6.45. The van der Waals surface area contributed by atoms with Crippen molar-refractivity contribution in [2.75, 3.05) is 13.1 Å². The van der Waals surface area contributed by atoms with Gasteiger partial charge in [0.2, 0.25) is 0 Å². The van der Waals surface area contributed by atoms with E-state index < -0.39 is 11.7 Å². The molecule has 0 bridgehead atoms. The summed E-state index contributed by atoms with van der Waals surface area (Å²) in [4.78, 5) is 30.2. The van der Waals surface area contributed by atoms with Crippen LogP contribution in [-0.2, 0) is 11.3 Å². The largest absolute Gasteiger partial charge is 0.444 e. The topological polar surface area (TPSA) is 103 Å². The molecular formula is C26H37ClN6O3. The Morgan fingerprint density at radius 1 is 1.14 bits per heavy atom. The zero-order chi connectivity index (χ0) is 26.5. The minimum atomic E-state index is -0.517. The summed E-state index contributed by atoms with van der Waals surface area (Å²) in [6.07, 6.45) is 1.20. The molecule has 9 nitrogen and oxygen atoms in total. The zero-order valence-corrected chi connectivity index (χ0v) is 22.7. The zero-order valence-electron chi connectivity index (χ0n) is 22.0. The predicted octanol–water partition coefficient (Wildman–Crippen LogP) is 4.49. The van der Waals surface area contributed by atoms with Gasteiger partial charge in [-0.15, -0.1) is 0 Å². The minimum Gasteiger partial charge on any atom is -0.444 e. The predicted molar refractivity (Wildman–Crippen MR) is 142 cm³/mol. The van der Waals surface area contributed by atoms with Crippen molar-refractivity contribution in [3.8, 4) is 0 Å². The van der Waals surface area contributed by atoms with Crippen LogP contribution in [0.4, 0.5) is 4.79 Å². The number of hydrogen-bond donors (Lipinski definition) is 2. The Bertz CT molecular complexity index is 1230. The Morgan fingerprint density at radius 2 is 1.81 bits per heavy atom. The molecule has 0 spiro atoms. The minimum absolute atomic E-state index is 0.157. The summed E-state index contributed by atoms with van der Waals surface area (Å²) in [6, 6.07) is 9.63. The maximum absolute atomic E-state index is 13.5. The van der Waals surface area contributed by atoms with Gasteiger partial charge in [0.25, 0.3) is 0 Å². The van der Waals surface area contributed by atoms with Crippen molar-refractivity contribution in [1.82, 2.24) is 29.8 Å². The van der Waals surface area contributed by atoms with E-state index >= 15 is 0 Å². The Balaban J connectivity index is 1.78. The van der Waals surface area contributed by atoms with E-state index in [1.165, 1.54) is 4.52 Å². The van der Waals surface area contributed by atoms with Gasteiger partial charge in [0, 0.05) is 6.54 Å². The van der Waals surface area contributed by atoms with E-state index in [-0.39, 0.29) is 17.6 Å². The molecule has 2 N–H and O–H groups in total. The summed E-state index contributed by atoms with van der Waals surface area (Å²) in [7, 11) is 0. The van der Waals surface area contributed by atoms with E-state index in [9.17, 15) is 9.59 Å². The van der Waals surface area contributed by atoms with Crippen molar-refractivity contribution < 1.29 is 9.53 Å². The number of ether oxygens (including phenoxy) is 1. The van der Waals surface area contributed by atoms with E-state index in [1.54, 1.807) is 11.5 Å². The molecule has 0 fully saturated rings. The standard InChI is InChI=1S/C26H37ClN6O3/c1-17(2)21(28-14-10-11-15-29-24(34)36-26(4,5)6)23-30-22-20(27)18(3)31-33(22)25(35)32(23)16-19-12-8-7-9-13-19/h7-9,12-13,17,21,28H,10-11,14-16H2,1-6H3,(H,29,34)/t21-/m1/s1. The third kappa shape index (κ3) is 7.07. The first-order valence-corrected chi connectivity index (χ1v) is 12.8. The Labute approximate surface area is 217 Å². The summed E-state index contributed by atoms with van der Waals surface area (Å²) in [5.41, 5.74) is 1.13. The number of benzene rings is 1. The molecule has 10 heteroatoms. The second-order valence-electron chi connectivity index (χ2n) is 10.3. The number of carbonyl (C=O) groups excluding carboxylic acids is 1. The van der Waals surface area contributed by atoms with Crippen molar-refractivity contribution in [3.63, 3.8) is 0 Å². The van der Waals surface area contributed by atoms with Crippen LogP contribution < -0.4 is 16.3 Å². The van der Waals surface area contributed by atoms with Gasteiger partial charge in [-0.25, -0.2) is 14.6 Å². The molecule has 1 atom stereocenters. The van der Waals surface area contributed by atoms with Crippen molar-refractivity contribution in [2.45, 2.75) is 72.6 Å². The van der Waals surface area contributed by atoms with Gasteiger partial charge in [-0.2, -0.15) is 9.61 Å². The van der Waals surface area contributed by atoms with Crippen molar-refractivity contribution in [1.29, 1.82) is 0 Å². The molecule has 1 amide bonds. The maximum atomic E-state index is 13.5. The van der Waals surface area contributed by atoms with Crippen LogP contribution in [0.25, 0.3) is 5.65 Å². The molecule has 0 unspecified atom stereocenters. The quantitative estimate of drug-likeness (QED) is 0.385. The number of fused-ring (bicyclic) bond motifs is 1. The van der Waals surface area contributed by atoms with Crippen LogP contribution in [0.2, 0.25) is 5.02 Å². The first-order valence-electron chi connectivity index (χ1n) is 12.4. The van der Waals surface area contributed by atoms with Crippen molar-refractivity contribution >= 4 is 23.3 Å². The van der Waals surface area contributed by atoms with E-state index in [2.05, 4.69) is 29.6 Å². The van der Waals surface area contributed by atoms with E-state index in [1.807, 2.05) is 51.1 Å². The summed E-state index contributed by atoms with van der Waals surface area (Å²) < 4.78 is 8.22. The molecule has 196 valence electrons. The molecule has 1 aromatic carbocycles. The van der Waals surface area contributed by atoms with E-state index in [4.69, 9.17) is 21.3 Å². The van der Waals surface area contributed by atoms with E-state index in [0.29, 0.717) is 41.8 Å². The molecule has 2 heterocycles. The van der Waals surface area contributed by atoms with Gasteiger partial charge in [0.15, 0.2) is 5.65 Å². The first kappa shape index (κ1) is 27.7. The highest BCUT2D eigenvalue weighted by molar-refractivity contribution is 6.34. The number of rotatable bonds is 10. The highest BCUT2D eigenvalue weighted by atomic mass is 35.5. The molecule has 3 rings (SSSR count). The number of nitrogens with one attached hydrogen (secondary N) is 2. The van der Waals surface area contributed by atoms with Crippen LogP contribution in [0.5, 0.6) is 0 Å². The van der Waals surface area contributed by atoms with Crippen molar-refractivity contribution in [2.24, 2.45) is 5.92 Å². The smallest absolute Gasteiger partial charge is 0.407 e. The molecule has 36 heavy (non-hydrogen) atoms. The molecule has 3 aromatic rings. The van der Waals surface area contributed by atoms with Gasteiger partial charge in [0.1, 0.15) is 16.4 Å². The molecule has 0 aliphatic carbocycles. The molecule has 0 saturated carbocycles. The highest BCUT2D eigenvalue weighted by Gasteiger charge is 2.25. The fourth-order valence-corrected chi connectivity index (χ4v) is 4.06. The highest BCUT2D eigenvalue weighted by Crippen LogP contribution is 2.24. The van der Waals surface area contributed by atoms with Crippen LogP contribution >= 0.6 is 11.6 Å². The van der Waals surface area contributed by atoms with Gasteiger partial charge in [-0.3, -0.25) is 4.57 Å². The second kappa shape index (κ2) is 11.9. The Morgan fingerprint density at radius 3 is 2.44 bits per heavy atom. The average molecular weight is 517 g/mol. The molecule has 0 radical (unpaired) electrons. The Kier molecular flexibility index (Phi) is 9.13. The third-order valence-corrected chi connectivity index (χ3v) is 6.08. The van der Waals surface area contributed by atoms with Crippen LogP contribution in [0, 0.1) is 12.8 Å². The lowest BCUT2D eigenvalue weighted by atomic mass is 10.0. The van der Waals surface area contributed by atoms with Crippen LogP contribution in [-0.4, -0.2) is 43.9 Å². The SMILES string of the molecule is Cc1nn2c(=O)n(Cc3ccccc3)c([C@H](NCCCCNC(=O)OC(C)(C)C)C(C)C)nc2c1Cl. The van der Waals surface area contributed by atoms with Crippen molar-refractivity contribution in [3.05, 3.63) is 62.9 Å². The maximum Gasteiger partial charge on any atom is 0.407 e. The van der Waals surface area contributed by atoms with E-state index in [0.717, 1.165) is 18.4 Å². The molecule has 2 aromatic heterocycles. The molecule has 0 saturated heterocycles. The summed E-state index contributed by atoms with van der Waals surface area (Å²) in [5.74, 6) is 0.782. The van der Waals surface area contributed by atoms with Gasteiger partial charge in [0.05, 0.1) is 18.3 Å². The number of aromatic nitrogens is 4. The van der Waals surface area contributed by atoms with Gasteiger partial charge in [-0.1, -0.05) is 55.8 Å². The third-order valence-electron chi connectivity index (χ3n) is 5.64. The van der Waals surface area contributed by atoms with Gasteiger partial charge in [-0.05, 0) is 58.6 Å². The Hall–Kier alpha value is -2.91. The lowest BCUT2D eigenvalue weighted by Gasteiger charge is -2.25. The van der Waals surface area contributed by atoms with Gasteiger partial charge < -0.3 is 15.4 Å². The van der Waals surface area contributed by atoms with Crippen LogP contribution in [0.1, 0.15) is 70.6 Å². The first-order chi connectivity index (χ1) is 17.0. The number of alkyl carbamates (subject to hydrolysis) is 1. The number of aryl methyl sites for hydroxylation is 1. The number of halogens is 1. The molecule has 0 aliphatic rings. The normalized spacial score (nSPS) is 12.8. The monoisotopic (exact) mass is 516 g/mol. The molecule has 0 aliphatic heterocycles. The number of amides is 1. The summed E-state index contributed by atoms with van der Waals surface area (Å²) in [5, 5.41) is 11.1. The number of carbonyl (C=O) groups is 1. The fraction of sp³-hybridized carbons (Fsp3) is 0.538. The lowest BCUT2D eigenvalue weighted by Crippen LogP contribution is -2.38. The average Bonchev–Trinajstić information content (AvgIpc) is 3.08. The number of hydrogen-bond acceptors (Lipinski definition) is 6. The lowest BCUT2D eigenvalue weighted by molar-refractivity contribution is 0.0527. The number of nitrogens with zero attached hydrogens (tertiary/aromatic N) is 4. The van der Waals surface area contributed by atoms with Crippen LogP contribution in [0.3, 0.4) is 0 Å². The summed E-state index contributed by atoms with van der Waals surface area (Å²) in [6.45, 7) is 13.0.